The molecule has 0 heterocycles. The Balaban J connectivity index is 3.45. The molecule has 0 aliphatic heterocycles. The first kappa shape index (κ1) is 14.3. The molecule has 0 rings (SSSR count). The lowest BCUT2D eigenvalue weighted by Gasteiger charge is -2.24. The summed E-state index contributed by atoms with van der Waals surface area (Å²) in [5.41, 5.74) is -0.401. The minimum atomic E-state index is -2.22. The van der Waals surface area contributed by atoms with Gasteiger partial charge in [-0.15, -0.1) is 0 Å². The van der Waals surface area contributed by atoms with Crippen molar-refractivity contribution in [2.75, 3.05) is 0 Å². The van der Waals surface area contributed by atoms with Crippen LogP contribution in [0.25, 0.3) is 0 Å². The van der Waals surface area contributed by atoms with E-state index in [4.69, 9.17) is 14.3 Å². The van der Waals surface area contributed by atoms with Crippen LogP contribution in [-0.4, -0.2) is 15.4 Å². The third-order valence-electron chi connectivity index (χ3n) is 2.21. The van der Waals surface area contributed by atoms with Gasteiger partial charge in [0.1, 0.15) is 0 Å². The monoisotopic (exact) mass is 222 g/mol. The van der Waals surface area contributed by atoms with E-state index in [0.29, 0.717) is 0 Å². The fraction of sp³-hybridized carbons (Fsp3) is 1.00. The Morgan fingerprint density at radius 3 is 2.14 bits per heavy atom. The van der Waals surface area contributed by atoms with Gasteiger partial charge in [0.2, 0.25) is 0 Å². The van der Waals surface area contributed by atoms with Crippen molar-refractivity contribution in [3.05, 3.63) is 0 Å². The van der Waals surface area contributed by atoms with Gasteiger partial charge in [0.25, 0.3) is 0 Å². The lowest BCUT2D eigenvalue weighted by Crippen LogP contribution is -2.21. The fourth-order valence-corrected chi connectivity index (χ4v) is 1.95. The summed E-state index contributed by atoms with van der Waals surface area (Å²) in [5.74, 6) is 0. The van der Waals surface area contributed by atoms with Crippen LogP contribution in [0.3, 0.4) is 0 Å². The molecule has 0 aromatic carbocycles. The lowest BCUT2D eigenvalue weighted by atomic mass is 10.0. The smallest absolute Gasteiger partial charge is 0.327 e. The molecule has 2 N–H and O–H groups in total. The van der Waals surface area contributed by atoms with Gasteiger partial charge in [0, 0.05) is 0 Å². The molecule has 0 aliphatic rings. The molecule has 0 aromatic heterocycles. The van der Waals surface area contributed by atoms with Crippen molar-refractivity contribution in [3.8, 4) is 0 Å². The molecule has 0 aliphatic carbocycles. The molecular weight excluding hydrogens is 199 g/mol. The summed E-state index contributed by atoms with van der Waals surface area (Å²) in [5, 5.41) is 0. The molecule has 0 bridgehead atoms. The molecule has 0 spiro atoms. The molecule has 0 atom stereocenters. The molecule has 3 nitrogen and oxygen atoms in total. The van der Waals surface area contributed by atoms with Crippen molar-refractivity contribution in [2.45, 2.75) is 64.9 Å². The van der Waals surface area contributed by atoms with Crippen LogP contribution >= 0.6 is 8.60 Å². The van der Waals surface area contributed by atoms with Crippen molar-refractivity contribution < 1.29 is 14.3 Å². The summed E-state index contributed by atoms with van der Waals surface area (Å²) < 4.78 is 5.02. The molecule has 0 amide bonds. The third-order valence-corrected chi connectivity index (χ3v) is 2.87. The Kier molecular flexibility index (Phi) is 7.75. The van der Waals surface area contributed by atoms with Crippen molar-refractivity contribution in [1.82, 2.24) is 0 Å². The second kappa shape index (κ2) is 7.58. The van der Waals surface area contributed by atoms with E-state index in [1.54, 1.807) is 0 Å². The minimum Gasteiger partial charge on any atom is -0.328 e. The third kappa shape index (κ3) is 8.89. The standard InChI is InChI=1S/C10H23O3P/c1-4-5-6-7-8-9-10(2,3)13-14(11)12/h11-12H,4-9H2,1-3H3. The highest BCUT2D eigenvalue weighted by Crippen LogP contribution is 2.34. The average Bonchev–Trinajstić information content (AvgIpc) is 2.01. The summed E-state index contributed by atoms with van der Waals surface area (Å²) in [7, 11) is -2.22. The summed E-state index contributed by atoms with van der Waals surface area (Å²) in [6, 6.07) is 0. The maximum Gasteiger partial charge on any atom is 0.327 e. The van der Waals surface area contributed by atoms with E-state index in [9.17, 15) is 0 Å². The predicted octanol–water partition coefficient (Wildman–Crippen LogP) is 3.35. The van der Waals surface area contributed by atoms with Gasteiger partial charge in [-0.1, -0.05) is 39.0 Å². The highest BCUT2D eigenvalue weighted by Gasteiger charge is 2.21. The molecule has 0 unspecified atom stereocenters. The van der Waals surface area contributed by atoms with Crippen LogP contribution in [0.4, 0.5) is 0 Å². The second-order valence-corrected chi connectivity index (χ2v) is 4.96. The molecule has 4 heteroatoms. The van der Waals surface area contributed by atoms with Crippen LogP contribution < -0.4 is 0 Å². The Hall–Kier alpha value is 0.310. The van der Waals surface area contributed by atoms with E-state index in [-0.39, 0.29) is 0 Å². The Morgan fingerprint density at radius 1 is 1.07 bits per heavy atom. The molecule has 14 heavy (non-hydrogen) atoms. The Labute approximate surface area is 88.5 Å². The fourth-order valence-electron chi connectivity index (χ4n) is 1.42. The maximum atomic E-state index is 8.73. The topological polar surface area (TPSA) is 49.7 Å². The normalized spacial score (nSPS) is 12.4. The Bertz CT molecular complexity index is 137. The van der Waals surface area contributed by atoms with Crippen molar-refractivity contribution in [2.24, 2.45) is 0 Å². The van der Waals surface area contributed by atoms with Gasteiger partial charge >= 0.3 is 8.60 Å². The number of unbranched alkanes of at least 4 members (excludes halogenated alkanes) is 4. The highest BCUT2D eigenvalue weighted by atomic mass is 31.2. The maximum absolute atomic E-state index is 8.73. The van der Waals surface area contributed by atoms with Crippen molar-refractivity contribution in [3.63, 3.8) is 0 Å². The largest absolute Gasteiger partial charge is 0.328 e. The summed E-state index contributed by atoms with van der Waals surface area (Å²) >= 11 is 0. The van der Waals surface area contributed by atoms with Gasteiger partial charge in [-0.3, -0.25) is 0 Å². The Morgan fingerprint density at radius 2 is 1.64 bits per heavy atom. The molecule has 86 valence electrons. The van der Waals surface area contributed by atoms with Gasteiger partial charge in [0.15, 0.2) is 0 Å². The minimum absolute atomic E-state index is 0.401. The average molecular weight is 222 g/mol. The summed E-state index contributed by atoms with van der Waals surface area (Å²) in [4.78, 5) is 17.5. The van der Waals surface area contributed by atoms with Crippen LogP contribution in [0.1, 0.15) is 59.3 Å². The van der Waals surface area contributed by atoms with Crippen LogP contribution in [-0.2, 0) is 4.52 Å². The number of hydrogen-bond acceptors (Lipinski definition) is 3. The quantitative estimate of drug-likeness (QED) is 0.489. The van der Waals surface area contributed by atoms with E-state index < -0.39 is 14.2 Å². The van der Waals surface area contributed by atoms with Crippen molar-refractivity contribution in [1.29, 1.82) is 0 Å². The van der Waals surface area contributed by atoms with Crippen LogP contribution in [0.5, 0.6) is 0 Å². The van der Waals surface area contributed by atoms with Gasteiger partial charge < -0.3 is 14.3 Å². The predicted molar refractivity (Wildman–Crippen MR) is 59.9 cm³/mol. The molecule has 0 aromatic rings. The van der Waals surface area contributed by atoms with E-state index in [1.807, 2.05) is 13.8 Å². The van der Waals surface area contributed by atoms with E-state index in [0.717, 1.165) is 12.8 Å². The first-order valence-corrected chi connectivity index (χ1v) is 6.51. The second-order valence-electron chi connectivity index (χ2n) is 4.27. The number of rotatable bonds is 8. The van der Waals surface area contributed by atoms with Crippen molar-refractivity contribution >= 4 is 8.60 Å². The molecule has 0 saturated heterocycles. The first-order valence-electron chi connectivity index (χ1n) is 5.35. The molecular formula is C10H23O3P. The van der Waals surface area contributed by atoms with Gasteiger partial charge in [-0.05, 0) is 20.3 Å². The van der Waals surface area contributed by atoms with Crippen LogP contribution in [0, 0.1) is 0 Å². The van der Waals surface area contributed by atoms with Crippen LogP contribution in [0.2, 0.25) is 0 Å². The van der Waals surface area contributed by atoms with E-state index in [1.165, 1.54) is 25.7 Å². The zero-order valence-corrected chi connectivity index (χ0v) is 10.4. The molecule has 0 fully saturated rings. The number of hydrogen-bond donors (Lipinski definition) is 2. The summed E-state index contributed by atoms with van der Waals surface area (Å²) in [6.07, 6.45) is 6.98. The first-order chi connectivity index (χ1) is 6.48. The molecule has 0 saturated carbocycles. The van der Waals surface area contributed by atoms with Gasteiger partial charge in [0.05, 0.1) is 5.60 Å². The molecule has 0 radical (unpaired) electrons. The van der Waals surface area contributed by atoms with Gasteiger partial charge in [-0.2, -0.15) is 0 Å². The lowest BCUT2D eigenvalue weighted by molar-refractivity contribution is 0.0791. The van der Waals surface area contributed by atoms with E-state index >= 15 is 0 Å². The summed E-state index contributed by atoms with van der Waals surface area (Å²) in [6.45, 7) is 5.99. The zero-order valence-electron chi connectivity index (χ0n) is 9.49. The highest BCUT2D eigenvalue weighted by molar-refractivity contribution is 7.39. The zero-order chi connectivity index (χ0) is 11.0. The van der Waals surface area contributed by atoms with Gasteiger partial charge in [-0.25, -0.2) is 0 Å². The van der Waals surface area contributed by atoms with E-state index in [2.05, 4.69) is 6.92 Å². The van der Waals surface area contributed by atoms with Crippen LogP contribution in [0.15, 0.2) is 0 Å². The SMILES string of the molecule is CCCCCCCC(C)(C)OP(O)O.